The number of aryl methyl sites for hydroxylation is 2. The second-order valence-corrected chi connectivity index (χ2v) is 11.5. The zero-order valence-corrected chi connectivity index (χ0v) is 23.6. The Labute approximate surface area is 237 Å². The van der Waals surface area contributed by atoms with E-state index in [0.717, 1.165) is 22.8 Å². The van der Waals surface area contributed by atoms with E-state index in [4.69, 9.17) is 10.2 Å². The quantitative estimate of drug-likeness (QED) is 0.233. The fourth-order valence-corrected chi connectivity index (χ4v) is 6.33. The largest absolute Gasteiger partial charge is 0.344 e. The highest BCUT2D eigenvalue weighted by atomic mass is 15.3. The number of para-hydroxylation sites is 2. The van der Waals surface area contributed by atoms with Gasteiger partial charge in [0, 0.05) is 70.1 Å². The number of aromatic nitrogens is 6. The molecule has 0 atom stereocenters. The van der Waals surface area contributed by atoms with Crippen LogP contribution in [-0.2, 0) is 19.5 Å². The molecule has 0 aliphatic rings. The van der Waals surface area contributed by atoms with Crippen molar-refractivity contribution in [1.82, 2.24) is 28.7 Å². The van der Waals surface area contributed by atoms with Crippen molar-refractivity contribution in [2.24, 2.45) is 14.1 Å². The minimum Gasteiger partial charge on any atom is -0.344 e. The van der Waals surface area contributed by atoms with Gasteiger partial charge in [0.1, 0.15) is 0 Å². The van der Waals surface area contributed by atoms with Crippen LogP contribution in [0.1, 0.15) is 25.2 Å². The topological polar surface area (TPSA) is 45.5 Å². The molecule has 4 aromatic heterocycles. The Bertz CT molecular complexity index is 2110. The van der Waals surface area contributed by atoms with Crippen LogP contribution < -0.4 is 0 Å². The van der Waals surface area contributed by atoms with Crippen LogP contribution >= 0.6 is 0 Å². The van der Waals surface area contributed by atoms with Gasteiger partial charge < -0.3 is 9.13 Å². The lowest BCUT2D eigenvalue weighted by atomic mass is 9.86. The van der Waals surface area contributed by atoms with E-state index in [1.165, 1.54) is 43.6 Å². The molecule has 6 heteroatoms. The van der Waals surface area contributed by atoms with Crippen LogP contribution in [0.4, 0.5) is 0 Å². The third-order valence-electron chi connectivity index (χ3n) is 8.78. The van der Waals surface area contributed by atoms with Gasteiger partial charge in [-0.05, 0) is 74.5 Å². The van der Waals surface area contributed by atoms with Crippen molar-refractivity contribution >= 4 is 43.6 Å². The van der Waals surface area contributed by atoms with E-state index in [1.54, 1.807) is 0 Å². The zero-order chi connectivity index (χ0) is 27.9. The lowest BCUT2D eigenvalue weighted by Gasteiger charge is -2.19. The molecule has 0 aliphatic carbocycles. The Morgan fingerprint density at radius 3 is 1.37 bits per heavy atom. The summed E-state index contributed by atoms with van der Waals surface area (Å²) in [6.45, 7) is 4.38. The third kappa shape index (κ3) is 3.43. The second kappa shape index (κ2) is 8.45. The molecular formula is C35H30N6. The molecular weight excluding hydrogens is 504 g/mol. The van der Waals surface area contributed by atoms with Gasteiger partial charge in [0.05, 0.1) is 28.2 Å². The van der Waals surface area contributed by atoms with Gasteiger partial charge in [-0.2, -0.15) is 10.2 Å². The van der Waals surface area contributed by atoms with Gasteiger partial charge in [0.25, 0.3) is 0 Å². The molecule has 0 spiro atoms. The van der Waals surface area contributed by atoms with Crippen molar-refractivity contribution in [2.75, 3.05) is 0 Å². The summed E-state index contributed by atoms with van der Waals surface area (Å²) in [5, 5.41) is 15.1. The monoisotopic (exact) mass is 534 g/mol. The van der Waals surface area contributed by atoms with Crippen molar-refractivity contribution in [3.8, 4) is 11.4 Å². The highest BCUT2D eigenvalue weighted by Crippen LogP contribution is 2.33. The highest BCUT2D eigenvalue weighted by Gasteiger charge is 2.29. The number of benzene rings is 4. The van der Waals surface area contributed by atoms with Crippen molar-refractivity contribution in [2.45, 2.75) is 19.3 Å². The van der Waals surface area contributed by atoms with E-state index in [9.17, 15) is 0 Å². The Balaban J connectivity index is 1.14. The summed E-state index contributed by atoms with van der Waals surface area (Å²) >= 11 is 0. The lowest BCUT2D eigenvalue weighted by molar-refractivity contribution is 0.576. The molecule has 200 valence electrons. The molecule has 0 N–H and O–H groups in total. The van der Waals surface area contributed by atoms with Gasteiger partial charge in [-0.15, -0.1) is 0 Å². The van der Waals surface area contributed by atoms with Crippen LogP contribution in [0, 0.1) is 0 Å². The van der Waals surface area contributed by atoms with Gasteiger partial charge in [-0.1, -0.05) is 36.4 Å². The fraction of sp³-hybridized carbons (Fsp3) is 0.143. The summed E-state index contributed by atoms with van der Waals surface area (Å²) in [4.78, 5) is 0. The SMILES string of the molecule is Cn1c2ccccc2c2cc(-n3ccc(C(C)(C)c4ccn(-c5ccc6c(c5)c5ccccc5n6C)n4)n3)ccc21. The Morgan fingerprint density at radius 1 is 0.488 bits per heavy atom. The summed E-state index contributed by atoms with van der Waals surface area (Å²) < 4.78 is 8.45. The van der Waals surface area contributed by atoms with E-state index >= 15 is 0 Å². The zero-order valence-electron chi connectivity index (χ0n) is 23.6. The molecule has 0 amide bonds. The summed E-state index contributed by atoms with van der Waals surface area (Å²) in [5.74, 6) is 0. The van der Waals surface area contributed by atoms with E-state index in [1.807, 2.05) is 9.36 Å². The van der Waals surface area contributed by atoms with Crippen LogP contribution in [0.2, 0.25) is 0 Å². The lowest BCUT2D eigenvalue weighted by Crippen LogP contribution is -2.21. The molecule has 0 aliphatic heterocycles. The summed E-state index contributed by atoms with van der Waals surface area (Å²) in [6.07, 6.45) is 4.10. The molecule has 0 radical (unpaired) electrons. The number of rotatable bonds is 4. The first-order chi connectivity index (χ1) is 19.9. The van der Waals surface area contributed by atoms with Crippen LogP contribution in [0.25, 0.3) is 55.0 Å². The first kappa shape index (κ1) is 23.8. The Morgan fingerprint density at radius 2 is 0.902 bits per heavy atom. The molecule has 4 aromatic carbocycles. The maximum Gasteiger partial charge on any atom is 0.0745 e. The van der Waals surface area contributed by atoms with E-state index in [0.29, 0.717) is 0 Å². The van der Waals surface area contributed by atoms with Gasteiger partial charge in [-0.3, -0.25) is 0 Å². The van der Waals surface area contributed by atoms with Crippen molar-refractivity contribution < 1.29 is 0 Å². The fourth-order valence-electron chi connectivity index (χ4n) is 6.33. The smallest absolute Gasteiger partial charge is 0.0745 e. The number of hydrogen-bond acceptors (Lipinski definition) is 2. The van der Waals surface area contributed by atoms with Crippen LogP contribution in [0.3, 0.4) is 0 Å². The molecule has 6 nitrogen and oxygen atoms in total. The molecule has 0 saturated carbocycles. The summed E-state index contributed by atoms with van der Waals surface area (Å²) in [6, 6.07) is 34.4. The molecule has 0 unspecified atom stereocenters. The first-order valence-electron chi connectivity index (χ1n) is 14.0. The third-order valence-corrected chi connectivity index (χ3v) is 8.78. The van der Waals surface area contributed by atoms with Crippen LogP contribution in [-0.4, -0.2) is 28.7 Å². The summed E-state index contributed by atoms with van der Waals surface area (Å²) in [5.41, 5.74) is 8.58. The summed E-state index contributed by atoms with van der Waals surface area (Å²) in [7, 11) is 4.25. The predicted molar refractivity (Wildman–Crippen MR) is 167 cm³/mol. The van der Waals surface area contributed by atoms with Crippen molar-refractivity contribution in [3.63, 3.8) is 0 Å². The van der Waals surface area contributed by atoms with E-state index < -0.39 is 0 Å². The maximum absolute atomic E-state index is 5.04. The standard InChI is InChI=1S/C35H30N6/c1-35(2,33-17-19-40(36-33)23-13-15-31-27(21-23)25-9-5-7-11-29(25)38(31)3)34-18-20-41(37-34)24-14-16-32-28(22-24)26-10-6-8-12-30(26)39(32)4/h5-22H,1-4H3. The minimum absolute atomic E-state index is 0.371. The molecule has 0 fully saturated rings. The average molecular weight is 535 g/mol. The molecule has 0 saturated heterocycles. The van der Waals surface area contributed by atoms with Gasteiger partial charge >= 0.3 is 0 Å². The maximum atomic E-state index is 5.04. The Kier molecular flexibility index (Phi) is 4.90. The van der Waals surface area contributed by atoms with E-state index in [2.05, 4.69) is 147 Å². The number of fused-ring (bicyclic) bond motifs is 6. The molecule has 8 rings (SSSR count). The molecule has 41 heavy (non-hydrogen) atoms. The van der Waals surface area contributed by atoms with Crippen molar-refractivity contribution in [1.29, 1.82) is 0 Å². The predicted octanol–water partition coefficient (Wildman–Crippen LogP) is 7.67. The average Bonchev–Trinajstić information content (AvgIpc) is 3.80. The Hall–Kier alpha value is -5.10. The first-order valence-corrected chi connectivity index (χ1v) is 14.0. The highest BCUT2D eigenvalue weighted by molar-refractivity contribution is 6.09. The second-order valence-electron chi connectivity index (χ2n) is 11.5. The van der Waals surface area contributed by atoms with Crippen LogP contribution in [0.5, 0.6) is 0 Å². The van der Waals surface area contributed by atoms with Crippen LogP contribution in [0.15, 0.2) is 109 Å². The minimum atomic E-state index is -0.371. The molecule has 8 aromatic rings. The molecule has 4 heterocycles. The number of nitrogens with zero attached hydrogens (tertiary/aromatic N) is 6. The van der Waals surface area contributed by atoms with Gasteiger partial charge in [0.15, 0.2) is 0 Å². The van der Waals surface area contributed by atoms with Gasteiger partial charge in [-0.25, -0.2) is 9.36 Å². The van der Waals surface area contributed by atoms with E-state index in [-0.39, 0.29) is 5.41 Å². The normalized spacial score (nSPS) is 12.4. The van der Waals surface area contributed by atoms with Crippen molar-refractivity contribution in [3.05, 3.63) is 121 Å². The number of hydrogen-bond donors (Lipinski definition) is 0. The molecule has 0 bridgehead atoms. The van der Waals surface area contributed by atoms with Gasteiger partial charge in [0.2, 0.25) is 0 Å².